The van der Waals surface area contributed by atoms with Gasteiger partial charge in [0.1, 0.15) is 13.2 Å². The lowest BCUT2D eigenvalue weighted by Gasteiger charge is -2.21. The molecule has 1 aliphatic rings. The summed E-state index contributed by atoms with van der Waals surface area (Å²) in [7, 11) is 1.75. The van der Waals surface area contributed by atoms with Crippen molar-refractivity contribution in [2.24, 2.45) is 0 Å². The SMILES string of the molecule is CCCn1c(SCC(=O)N(C)Cc2ccc3c(c2)OCCO3)n[nH]c1=O. The number of aromatic nitrogens is 3. The fourth-order valence-electron chi connectivity index (χ4n) is 2.62. The summed E-state index contributed by atoms with van der Waals surface area (Å²) < 4.78 is 12.6. The van der Waals surface area contributed by atoms with Gasteiger partial charge >= 0.3 is 5.69 Å². The number of nitrogens with one attached hydrogen (secondary N) is 1. The molecule has 26 heavy (non-hydrogen) atoms. The molecule has 140 valence electrons. The number of aromatic amines is 1. The molecule has 0 bridgehead atoms. The predicted molar refractivity (Wildman–Crippen MR) is 97.8 cm³/mol. The van der Waals surface area contributed by atoms with Crippen LogP contribution < -0.4 is 15.2 Å². The highest BCUT2D eigenvalue weighted by molar-refractivity contribution is 7.99. The quantitative estimate of drug-likeness (QED) is 0.735. The standard InChI is InChI=1S/C17H22N4O4S/c1-3-6-21-16(23)18-19-17(21)26-11-15(22)20(2)10-12-4-5-13-14(9-12)25-8-7-24-13/h4-5,9H,3,6-8,10-11H2,1-2H3,(H,18,23). The van der Waals surface area contributed by atoms with Crippen molar-refractivity contribution in [3.8, 4) is 11.5 Å². The number of thioether (sulfide) groups is 1. The molecular formula is C17H22N4O4S. The van der Waals surface area contributed by atoms with Gasteiger partial charge in [0.15, 0.2) is 16.7 Å². The largest absolute Gasteiger partial charge is 0.486 e. The molecule has 0 atom stereocenters. The van der Waals surface area contributed by atoms with Crippen LogP contribution in [0, 0.1) is 0 Å². The van der Waals surface area contributed by atoms with Gasteiger partial charge in [0, 0.05) is 20.1 Å². The highest BCUT2D eigenvalue weighted by Crippen LogP contribution is 2.31. The second-order valence-corrected chi connectivity index (χ2v) is 6.92. The van der Waals surface area contributed by atoms with Crippen LogP contribution >= 0.6 is 11.8 Å². The van der Waals surface area contributed by atoms with Crippen molar-refractivity contribution < 1.29 is 14.3 Å². The number of ether oxygens (including phenoxy) is 2. The Morgan fingerprint density at radius 1 is 1.35 bits per heavy atom. The lowest BCUT2D eigenvalue weighted by molar-refractivity contribution is -0.127. The lowest BCUT2D eigenvalue weighted by Crippen LogP contribution is -2.28. The zero-order valence-electron chi connectivity index (χ0n) is 14.9. The van der Waals surface area contributed by atoms with E-state index in [1.54, 1.807) is 16.5 Å². The number of H-pyrrole nitrogens is 1. The van der Waals surface area contributed by atoms with E-state index in [9.17, 15) is 9.59 Å². The van der Waals surface area contributed by atoms with Crippen LogP contribution in [0.4, 0.5) is 0 Å². The fraction of sp³-hybridized carbons (Fsp3) is 0.471. The van der Waals surface area contributed by atoms with Crippen LogP contribution in [0.1, 0.15) is 18.9 Å². The van der Waals surface area contributed by atoms with Crippen molar-refractivity contribution in [1.29, 1.82) is 0 Å². The summed E-state index contributed by atoms with van der Waals surface area (Å²) >= 11 is 1.26. The molecule has 1 N–H and O–H groups in total. The van der Waals surface area contributed by atoms with E-state index < -0.39 is 0 Å². The molecule has 0 aliphatic carbocycles. The Morgan fingerprint density at radius 3 is 2.88 bits per heavy atom. The van der Waals surface area contributed by atoms with Gasteiger partial charge in [-0.2, -0.15) is 0 Å². The summed E-state index contributed by atoms with van der Waals surface area (Å²) in [5, 5.41) is 6.95. The molecule has 1 aliphatic heterocycles. The monoisotopic (exact) mass is 378 g/mol. The van der Waals surface area contributed by atoms with E-state index in [0.717, 1.165) is 17.7 Å². The minimum absolute atomic E-state index is 0.0385. The van der Waals surface area contributed by atoms with E-state index in [2.05, 4.69) is 10.2 Å². The average molecular weight is 378 g/mol. The number of hydrogen-bond acceptors (Lipinski definition) is 6. The van der Waals surface area contributed by atoms with Crippen molar-refractivity contribution in [1.82, 2.24) is 19.7 Å². The van der Waals surface area contributed by atoms with Crippen molar-refractivity contribution in [3.05, 3.63) is 34.2 Å². The molecule has 2 heterocycles. The van der Waals surface area contributed by atoms with E-state index >= 15 is 0 Å². The molecule has 1 amide bonds. The molecular weight excluding hydrogens is 356 g/mol. The van der Waals surface area contributed by atoms with Crippen molar-refractivity contribution >= 4 is 17.7 Å². The van der Waals surface area contributed by atoms with Gasteiger partial charge in [-0.3, -0.25) is 9.36 Å². The molecule has 1 aromatic heterocycles. The molecule has 0 spiro atoms. The number of hydrogen-bond donors (Lipinski definition) is 1. The second kappa shape index (κ2) is 8.31. The average Bonchev–Trinajstić information content (AvgIpc) is 3.00. The molecule has 0 radical (unpaired) electrons. The molecule has 3 rings (SSSR count). The summed E-state index contributed by atoms with van der Waals surface area (Å²) in [5.74, 6) is 1.62. The Hall–Kier alpha value is -2.42. The maximum Gasteiger partial charge on any atom is 0.343 e. The van der Waals surface area contributed by atoms with Crippen molar-refractivity contribution in [2.45, 2.75) is 31.6 Å². The van der Waals surface area contributed by atoms with Gasteiger partial charge in [-0.1, -0.05) is 24.8 Å². The van der Waals surface area contributed by atoms with Crippen LogP contribution in [0.5, 0.6) is 11.5 Å². The van der Waals surface area contributed by atoms with Gasteiger partial charge in [0.25, 0.3) is 0 Å². The smallest absolute Gasteiger partial charge is 0.343 e. The Balaban J connectivity index is 1.57. The summed E-state index contributed by atoms with van der Waals surface area (Å²) in [6.07, 6.45) is 0.824. The number of rotatable bonds is 7. The molecule has 8 nitrogen and oxygen atoms in total. The Morgan fingerprint density at radius 2 is 2.12 bits per heavy atom. The maximum absolute atomic E-state index is 12.4. The highest BCUT2D eigenvalue weighted by Gasteiger charge is 2.16. The van der Waals surface area contributed by atoms with E-state index in [-0.39, 0.29) is 17.3 Å². The highest BCUT2D eigenvalue weighted by atomic mass is 32.2. The van der Waals surface area contributed by atoms with Gasteiger partial charge in [-0.15, -0.1) is 5.10 Å². The Bertz CT molecular complexity index is 832. The van der Waals surface area contributed by atoms with E-state index in [0.29, 0.717) is 37.2 Å². The lowest BCUT2D eigenvalue weighted by atomic mass is 10.2. The summed E-state index contributed by atoms with van der Waals surface area (Å²) in [5.41, 5.74) is 0.726. The van der Waals surface area contributed by atoms with Crippen LogP contribution in [0.15, 0.2) is 28.2 Å². The van der Waals surface area contributed by atoms with Crippen LogP contribution in [-0.4, -0.2) is 51.6 Å². The minimum atomic E-state index is -0.244. The zero-order valence-corrected chi connectivity index (χ0v) is 15.7. The number of benzene rings is 1. The first kappa shape index (κ1) is 18.4. The van der Waals surface area contributed by atoms with Crippen molar-refractivity contribution in [3.63, 3.8) is 0 Å². The van der Waals surface area contributed by atoms with Gasteiger partial charge in [0.2, 0.25) is 5.91 Å². The first-order valence-electron chi connectivity index (χ1n) is 8.49. The summed E-state index contributed by atoms with van der Waals surface area (Å²) in [6, 6.07) is 5.69. The third kappa shape index (κ3) is 4.21. The third-order valence-corrected chi connectivity index (χ3v) is 4.91. The molecule has 0 fully saturated rings. The van der Waals surface area contributed by atoms with E-state index in [4.69, 9.17) is 9.47 Å². The van der Waals surface area contributed by atoms with Crippen molar-refractivity contribution in [2.75, 3.05) is 26.0 Å². The first-order chi connectivity index (χ1) is 12.6. The summed E-state index contributed by atoms with van der Waals surface area (Å²) in [4.78, 5) is 25.7. The fourth-order valence-corrected chi connectivity index (χ4v) is 3.53. The van der Waals surface area contributed by atoms with Crippen LogP contribution in [0.3, 0.4) is 0 Å². The molecule has 0 unspecified atom stereocenters. The van der Waals surface area contributed by atoms with Gasteiger partial charge in [-0.25, -0.2) is 9.89 Å². The maximum atomic E-state index is 12.4. The predicted octanol–water partition coefficient (Wildman–Crippen LogP) is 1.50. The normalized spacial score (nSPS) is 12.8. The van der Waals surface area contributed by atoms with Crippen LogP contribution in [0.2, 0.25) is 0 Å². The van der Waals surface area contributed by atoms with Gasteiger partial charge in [-0.05, 0) is 24.1 Å². The number of amides is 1. The Labute approximate surface area is 155 Å². The number of carbonyl (C=O) groups excluding carboxylic acids is 1. The molecule has 1 aromatic carbocycles. The van der Waals surface area contributed by atoms with Gasteiger partial charge < -0.3 is 14.4 Å². The molecule has 0 saturated carbocycles. The minimum Gasteiger partial charge on any atom is -0.486 e. The van der Waals surface area contributed by atoms with E-state index in [1.807, 2.05) is 25.1 Å². The molecule has 0 saturated heterocycles. The number of fused-ring (bicyclic) bond motifs is 1. The van der Waals surface area contributed by atoms with Gasteiger partial charge in [0.05, 0.1) is 5.75 Å². The van der Waals surface area contributed by atoms with Crippen LogP contribution in [0.25, 0.3) is 0 Å². The Kier molecular flexibility index (Phi) is 5.87. The topological polar surface area (TPSA) is 89.4 Å². The number of carbonyl (C=O) groups is 1. The van der Waals surface area contributed by atoms with E-state index in [1.165, 1.54) is 11.8 Å². The van der Waals surface area contributed by atoms with Crippen LogP contribution in [-0.2, 0) is 17.9 Å². The number of nitrogens with zero attached hydrogens (tertiary/aromatic N) is 3. The summed E-state index contributed by atoms with van der Waals surface area (Å²) in [6.45, 7) is 4.13. The molecule has 9 heteroatoms. The third-order valence-electron chi connectivity index (χ3n) is 3.95. The first-order valence-corrected chi connectivity index (χ1v) is 9.47. The zero-order chi connectivity index (χ0) is 18.5. The molecule has 2 aromatic rings. The second-order valence-electron chi connectivity index (χ2n) is 5.98.